The Bertz CT molecular complexity index is 493. The molecule has 1 heterocycles. The molecule has 2 N–H and O–H groups in total. The van der Waals surface area contributed by atoms with Crippen LogP contribution in [-0.4, -0.2) is 5.78 Å². The third-order valence-electron chi connectivity index (χ3n) is 1.97. The second-order valence-electron chi connectivity index (χ2n) is 3.03. The lowest BCUT2D eigenvalue weighted by Crippen LogP contribution is -2.01. The molecule has 0 radical (unpaired) electrons. The van der Waals surface area contributed by atoms with Gasteiger partial charge in [0.15, 0.2) is 0 Å². The molecule has 0 bridgehead atoms. The first-order chi connectivity index (χ1) is 7.18. The van der Waals surface area contributed by atoms with Crippen LogP contribution in [-0.2, 0) is 0 Å². The maximum Gasteiger partial charge on any atom is 0.205 e. The van der Waals surface area contributed by atoms with Gasteiger partial charge in [0.1, 0.15) is 0 Å². The number of benzene rings is 1. The summed E-state index contributed by atoms with van der Waals surface area (Å²) in [6.07, 6.45) is 0. The number of hydrogen-bond donors (Lipinski definition) is 1. The maximum atomic E-state index is 12.0. The number of carbonyl (C=O) groups is 1. The zero-order valence-electron chi connectivity index (χ0n) is 7.74. The number of nitrogens with two attached hydrogens (primary N) is 1. The molecule has 15 heavy (non-hydrogen) atoms. The van der Waals surface area contributed by atoms with Gasteiger partial charge in [0.25, 0.3) is 0 Å². The number of thiophene rings is 1. The molecule has 0 unspecified atom stereocenters. The number of anilines is 1. The fraction of sp³-hybridized carbons (Fsp3) is 0. The van der Waals surface area contributed by atoms with Crippen LogP contribution in [0.5, 0.6) is 0 Å². The highest BCUT2D eigenvalue weighted by molar-refractivity contribution is 7.18. The molecule has 0 fully saturated rings. The van der Waals surface area contributed by atoms with Crippen LogP contribution < -0.4 is 5.73 Å². The van der Waals surface area contributed by atoms with Gasteiger partial charge in [-0.1, -0.05) is 41.9 Å². The summed E-state index contributed by atoms with van der Waals surface area (Å²) in [7, 11) is 0. The zero-order valence-corrected chi connectivity index (χ0v) is 9.31. The molecule has 0 spiro atoms. The summed E-state index contributed by atoms with van der Waals surface area (Å²) in [5.41, 5.74) is 6.76. The molecule has 76 valence electrons. The molecule has 4 heteroatoms. The second-order valence-corrected chi connectivity index (χ2v) is 4.71. The first kappa shape index (κ1) is 10.2. The third kappa shape index (κ3) is 2.03. The summed E-state index contributed by atoms with van der Waals surface area (Å²) in [5.74, 6) is -0.0787. The summed E-state index contributed by atoms with van der Waals surface area (Å²) < 4.78 is 0.534. The highest BCUT2D eigenvalue weighted by Gasteiger charge is 2.15. The number of nitrogen functional groups attached to an aromatic ring is 1. The first-order valence-electron chi connectivity index (χ1n) is 4.33. The SMILES string of the molecule is Nc1cc(Cl)sc1C(=O)c1ccccc1. The van der Waals surface area contributed by atoms with E-state index < -0.39 is 0 Å². The molecule has 0 saturated carbocycles. The predicted molar refractivity (Wildman–Crippen MR) is 63.6 cm³/mol. The van der Waals surface area contributed by atoms with E-state index in [4.69, 9.17) is 17.3 Å². The smallest absolute Gasteiger partial charge is 0.205 e. The van der Waals surface area contributed by atoms with Gasteiger partial charge < -0.3 is 5.73 Å². The van der Waals surface area contributed by atoms with Crippen molar-refractivity contribution in [3.05, 3.63) is 51.2 Å². The minimum absolute atomic E-state index is 0.0787. The van der Waals surface area contributed by atoms with E-state index in [2.05, 4.69) is 0 Å². The molecule has 0 saturated heterocycles. The number of halogens is 1. The Kier molecular flexibility index (Phi) is 2.75. The van der Waals surface area contributed by atoms with E-state index in [1.165, 1.54) is 11.3 Å². The van der Waals surface area contributed by atoms with Crippen LogP contribution in [0.15, 0.2) is 36.4 Å². The van der Waals surface area contributed by atoms with Crippen molar-refractivity contribution in [2.75, 3.05) is 5.73 Å². The molecule has 2 nitrogen and oxygen atoms in total. The molecule has 0 aliphatic rings. The van der Waals surface area contributed by atoms with Gasteiger partial charge in [-0.3, -0.25) is 4.79 Å². The van der Waals surface area contributed by atoms with Crippen molar-refractivity contribution in [1.82, 2.24) is 0 Å². The normalized spacial score (nSPS) is 10.2. The van der Waals surface area contributed by atoms with Crippen LogP contribution in [0.2, 0.25) is 4.34 Å². The summed E-state index contributed by atoms with van der Waals surface area (Å²) >= 11 is 6.99. The fourth-order valence-electron chi connectivity index (χ4n) is 1.27. The molecular weight excluding hydrogens is 230 g/mol. The quantitative estimate of drug-likeness (QED) is 0.815. The Hall–Kier alpha value is -1.32. The number of rotatable bonds is 2. The Balaban J connectivity index is 2.41. The van der Waals surface area contributed by atoms with E-state index in [0.29, 0.717) is 20.5 Å². The highest BCUT2D eigenvalue weighted by atomic mass is 35.5. The van der Waals surface area contributed by atoms with Crippen molar-refractivity contribution < 1.29 is 4.79 Å². The van der Waals surface area contributed by atoms with E-state index in [1.54, 1.807) is 18.2 Å². The number of carbonyl (C=O) groups excluding carboxylic acids is 1. The molecular formula is C11H8ClNOS. The topological polar surface area (TPSA) is 43.1 Å². The van der Waals surface area contributed by atoms with Gasteiger partial charge in [-0.2, -0.15) is 0 Å². The van der Waals surface area contributed by atoms with Crippen LogP contribution in [0.25, 0.3) is 0 Å². The van der Waals surface area contributed by atoms with Crippen LogP contribution in [0, 0.1) is 0 Å². The predicted octanol–water partition coefficient (Wildman–Crippen LogP) is 3.21. The molecule has 2 aromatic rings. The zero-order chi connectivity index (χ0) is 10.8. The van der Waals surface area contributed by atoms with Gasteiger partial charge in [-0.05, 0) is 6.07 Å². The third-order valence-corrected chi connectivity index (χ3v) is 3.25. The number of hydrogen-bond acceptors (Lipinski definition) is 3. The molecule has 0 atom stereocenters. The Morgan fingerprint density at radius 3 is 2.47 bits per heavy atom. The van der Waals surface area contributed by atoms with Gasteiger partial charge >= 0.3 is 0 Å². The monoisotopic (exact) mass is 237 g/mol. The van der Waals surface area contributed by atoms with Gasteiger partial charge in [0.05, 0.1) is 14.9 Å². The molecule has 0 amide bonds. The van der Waals surface area contributed by atoms with Crippen molar-refractivity contribution in [2.24, 2.45) is 0 Å². The Morgan fingerprint density at radius 1 is 1.27 bits per heavy atom. The molecule has 1 aromatic heterocycles. The van der Waals surface area contributed by atoms with Gasteiger partial charge in [-0.25, -0.2) is 0 Å². The first-order valence-corrected chi connectivity index (χ1v) is 5.52. The summed E-state index contributed by atoms with van der Waals surface area (Å²) in [6, 6.07) is 10.6. The van der Waals surface area contributed by atoms with Crippen molar-refractivity contribution >= 4 is 34.4 Å². The van der Waals surface area contributed by atoms with E-state index >= 15 is 0 Å². The van der Waals surface area contributed by atoms with E-state index in [1.807, 2.05) is 18.2 Å². The molecule has 2 rings (SSSR count). The molecule has 0 aliphatic carbocycles. The van der Waals surface area contributed by atoms with E-state index in [9.17, 15) is 4.79 Å². The Labute approximate surface area is 96.3 Å². The van der Waals surface area contributed by atoms with Crippen LogP contribution >= 0.6 is 22.9 Å². The van der Waals surface area contributed by atoms with Gasteiger partial charge in [-0.15, -0.1) is 11.3 Å². The van der Waals surface area contributed by atoms with Crippen LogP contribution in [0.3, 0.4) is 0 Å². The van der Waals surface area contributed by atoms with Crippen molar-refractivity contribution in [2.45, 2.75) is 0 Å². The summed E-state index contributed by atoms with van der Waals surface area (Å²) in [4.78, 5) is 12.5. The average molecular weight is 238 g/mol. The minimum Gasteiger partial charge on any atom is -0.397 e. The maximum absolute atomic E-state index is 12.0. The molecule has 0 aliphatic heterocycles. The standard InChI is InChI=1S/C11H8ClNOS/c12-9-6-8(13)11(15-9)10(14)7-4-2-1-3-5-7/h1-6H,13H2. The average Bonchev–Trinajstić information content (AvgIpc) is 2.58. The summed E-state index contributed by atoms with van der Waals surface area (Å²) in [5, 5.41) is 0. The Morgan fingerprint density at radius 2 is 1.93 bits per heavy atom. The molecule has 1 aromatic carbocycles. The second kappa shape index (κ2) is 4.04. The van der Waals surface area contributed by atoms with Crippen LogP contribution in [0.4, 0.5) is 5.69 Å². The van der Waals surface area contributed by atoms with Gasteiger partial charge in [0, 0.05) is 5.56 Å². The van der Waals surface area contributed by atoms with E-state index in [-0.39, 0.29) is 5.78 Å². The van der Waals surface area contributed by atoms with Crippen molar-refractivity contribution in [1.29, 1.82) is 0 Å². The van der Waals surface area contributed by atoms with Gasteiger partial charge in [0.2, 0.25) is 5.78 Å². The lowest BCUT2D eigenvalue weighted by Gasteiger charge is -1.98. The van der Waals surface area contributed by atoms with E-state index in [0.717, 1.165) is 0 Å². The highest BCUT2D eigenvalue weighted by Crippen LogP contribution is 2.30. The lowest BCUT2D eigenvalue weighted by atomic mass is 10.1. The largest absolute Gasteiger partial charge is 0.397 e. The van der Waals surface area contributed by atoms with Crippen LogP contribution in [0.1, 0.15) is 15.2 Å². The number of ketones is 1. The van der Waals surface area contributed by atoms with Crippen molar-refractivity contribution in [3.8, 4) is 0 Å². The minimum atomic E-state index is -0.0787. The lowest BCUT2D eigenvalue weighted by molar-refractivity contribution is 0.104. The summed E-state index contributed by atoms with van der Waals surface area (Å²) in [6.45, 7) is 0. The fourth-order valence-corrected chi connectivity index (χ4v) is 2.39. The van der Waals surface area contributed by atoms with Crippen molar-refractivity contribution in [3.63, 3.8) is 0 Å².